The normalized spacial score (nSPS) is 35.3. The van der Waals surface area contributed by atoms with Gasteiger partial charge in [-0.05, 0) is 93.5 Å². The fourth-order valence-corrected chi connectivity index (χ4v) is 8.46. The molecule has 0 spiro atoms. The first-order chi connectivity index (χ1) is 21.0. The van der Waals surface area contributed by atoms with Crippen molar-refractivity contribution >= 4 is 17.7 Å². The van der Waals surface area contributed by atoms with E-state index in [4.69, 9.17) is 19.5 Å². The average molecular weight is 600 g/mol. The lowest BCUT2D eigenvalue weighted by Gasteiger charge is -2.62. The maximum absolute atomic E-state index is 17.5. The average Bonchev–Trinajstić information content (AvgIpc) is 3.29. The molecule has 1 N–H and O–H groups in total. The topological polar surface area (TPSA) is 123 Å². The van der Waals surface area contributed by atoms with Crippen molar-refractivity contribution in [2.45, 2.75) is 63.3 Å². The number of halogens is 1. The Morgan fingerprint density at radius 3 is 2.45 bits per heavy atom. The number of carbonyl (C=O) groups excluding carboxylic acids is 3. The van der Waals surface area contributed by atoms with E-state index in [2.05, 4.69) is 0 Å². The van der Waals surface area contributed by atoms with Crippen LogP contribution >= 0.6 is 0 Å². The quantitative estimate of drug-likeness (QED) is 0.413. The number of carbonyl (C=O) groups is 3. The van der Waals surface area contributed by atoms with Gasteiger partial charge in [0.2, 0.25) is 5.60 Å². The SMILES string of the molecule is C[C@]12C=CC(=O)C=C1CC[C@H]1[C@@H]3CCC(OC(=O)c4ccc(Oc5ccccc5)cc4)(C(=O)OCC#N)[C@@]3(C)C[C@H](O)C12F. The van der Waals surface area contributed by atoms with E-state index in [0.717, 1.165) is 0 Å². The van der Waals surface area contributed by atoms with Crippen LogP contribution in [0.15, 0.2) is 78.4 Å². The van der Waals surface area contributed by atoms with Gasteiger partial charge in [-0.15, -0.1) is 0 Å². The molecule has 44 heavy (non-hydrogen) atoms. The molecule has 3 saturated carbocycles. The smallest absolute Gasteiger partial charge is 0.352 e. The molecule has 9 heteroatoms. The first-order valence-corrected chi connectivity index (χ1v) is 14.9. The van der Waals surface area contributed by atoms with Crippen LogP contribution in [0.2, 0.25) is 0 Å². The third kappa shape index (κ3) is 4.30. The molecule has 2 aromatic rings. The number of ether oxygens (including phenoxy) is 3. The molecule has 0 amide bonds. The minimum Gasteiger partial charge on any atom is -0.457 e. The number of aliphatic hydroxyl groups is 1. The number of aliphatic hydroxyl groups excluding tert-OH is 1. The van der Waals surface area contributed by atoms with Crippen molar-refractivity contribution in [3.8, 4) is 17.6 Å². The molecule has 2 aromatic carbocycles. The molecule has 0 aromatic heterocycles. The maximum atomic E-state index is 17.5. The Balaban J connectivity index is 1.32. The Bertz CT molecular complexity index is 1600. The number of hydrogen-bond donors (Lipinski definition) is 1. The van der Waals surface area contributed by atoms with Gasteiger partial charge in [0.15, 0.2) is 18.1 Å². The van der Waals surface area contributed by atoms with Gasteiger partial charge in [-0.2, -0.15) is 5.26 Å². The number of nitrogens with zero attached hydrogens (tertiary/aromatic N) is 1. The number of esters is 2. The first kappa shape index (κ1) is 29.8. The molecule has 0 saturated heterocycles. The van der Waals surface area contributed by atoms with Gasteiger partial charge >= 0.3 is 11.9 Å². The number of rotatable bonds is 6. The molecule has 0 radical (unpaired) electrons. The number of allylic oxidation sites excluding steroid dienone is 4. The molecule has 8 nitrogen and oxygen atoms in total. The van der Waals surface area contributed by atoms with Crippen LogP contribution in [0.5, 0.6) is 11.5 Å². The van der Waals surface area contributed by atoms with E-state index in [0.29, 0.717) is 36.3 Å². The lowest BCUT2D eigenvalue weighted by Crippen LogP contribution is -2.69. The summed E-state index contributed by atoms with van der Waals surface area (Å²) in [6.45, 7) is 2.92. The second kappa shape index (κ2) is 10.7. The van der Waals surface area contributed by atoms with Crippen molar-refractivity contribution in [1.82, 2.24) is 0 Å². The number of hydrogen-bond acceptors (Lipinski definition) is 8. The summed E-state index contributed by atoms with van der Waals surface area (Å²) >= 11 is 0. The number of benzene rings is 2. The van der Waals surface area contributed by atoms with Gasteiger partial charge in [-0.1, -0.05) is 36.8 Å². The fourth-order valence-electron chi connectivity index (χ4n) is 8.46. The predicted molar refractivity (Wildman–Crippen MR) is 156 cm³/mol. The summed E-state index contributed by atoms with van der Waals surface area (Å²) in [7, 11) is 0. The van der Waals surface area contributed by atoms with Crippen molar-refractivity contribution in [2.24, 2.45) is 22.7 Å². The standard InChI is InChI=1S/C35H34FNO7/c1-32-16-14-24(38)20-23(32)10-13-28-27-15-17-34(31(41)42-19-18-37,33(27,2)21-29(39)35(28,32)36)44-30(40)22-8-11-26(12-9-22)43-25-6-4-3-5-7-25/h3-9,11-12,14,16,20,27-29,39H,10,13,15,17,19,21H2,1-2H3/t27-,28-,29-,32-,33-,34?,35?/m0/s1. The minimum atomic E-state index is -2.11. The van der Waals surface area contributed by atoms with Crippen molar-refractivity contribution in [3.05, 3.63) is 84.0 Å². The molecule has 7 atom stereocenters. The van der Waals surface area contributed by atoms with E-state index >= 15 is 4.39 Å². The van der Waals surface area contributed by atoms with Gasteiger partial charge in [-0.3, -0.25) is 4.79 Å². The Morgan fingerprint density at radius 2 is 1.75 bits per heavy atom. The van der Waals surface area contributed by atoms with Crippen LogP contribution in [0.25, 0.3) is 0 Å². The third-order valence-electron chi connectivity index (χ3n) is 10.7. The number of para-hydroxylation sites is 1. The zero-order chi connectivity index (χ0) is 31.3. The molecular formula is C35H34FNO7. The van der Waals surface area contributed by atoms with Gasteiger partial charge in [0.05, 0.1) is 11.7 Å². The van der Waals surface area contributed by atoms with E-state index in [1.807, 2.05) is 18.2 Å². The van der Waals surface area contributed by atoms with E-state index in [9.17, 15) is 19.5 Å². The van der Waals surface area contributed by atoms with E-state index < -0.39 is 58.6 Å². The van der Waals surface area contributed by atoms with Crippen LogP contribution in [0.1, 0.15) is 56.3 Å². The summed E-state index contributed by atoms with van der Waals surface area (Å²) in [5.41, 5.74) is -5.55. The molecule has 228 valence electrons. The lowest BCUT2D eigenvalue weighted by molar-refractivity contribution is -0.224. The molecule has 0 aliphatic heterocycles. The zero-order valence-corrected chi connectivity index (χ0v) is 24.6. The Hall–Kier alpha value is -4.29. The molecule has 0 heterocycles. The highest BCUT2D eigenvalue weighted by Gasteiger charge is 2.76. The summed E-state index contributed by atoms with van der Waals surface area (Å²) in [5.74, 6) is -1.89. The Labute approximate surface area is 255 Å². The van der Waals surface area contributed by atoms with Crippen molar-refractivity contribution in [2.75, 3.05) is 6.61 Å². The molecule has 0 bridgehead atoms. The van der Waals surface area contributed by atoms with Crippen LogP contribution in [0.3, 0.4) is 0 Å². The summed E-state index contributed by atoms with van der Waals surface area (Å²) < 4.78 is 34.7. The monoisotopic (exact) mass is 599 g/mol. The van der Waals surface area contributed by atoms with Gasteiger partial charge in [0, 0.05) is 16.7 Å². The summed E-state index contributed by atoms with van der Waals surface area (Å²) in [4.78, 5) is 39.6. The molecular weight excluding hydrogens is 565 g/mol. The highest BCUT2D eigenvalue weighted by Crippen LogP contribution is 2.70. The van der Waals surface area contributed by atoms with Crippen LogP contribution < -0.4 is 4.74 Å². The first-order valence-electron chi connectivity index (χ1n) is 14.9. The minimum absolute atomic E-state index is 0.0480. The predicted octanol–water partition coefficient (Wildman–Crippen LogP) is 5.81. The van der Waals surface area contributed by atoms with Gasteiger partial charge in [-0.25, -0.2) is 14.0 Å². The van der Waals surface area contributed by atoms with E-state index in [1.54, 1.807) is 50.3 Å². The van der Waals surface area contributed by atoms with E-state index in [1.165, 1.54) is 24.3 Å². The molecule has 4 aliphatic carbocycles. The van der Waals surface area contributed by atoms with Gasteiger partial charge in [0.25, 0.3) is 0 Å². The van der Waals surface area contributed by atoms with Crippen molar-refractivity contribution in [3.63, 3.8) is 0 Å². The molecule has 3 fully saturated rings. The lowest BCUT2D eigenvalue weighted by atomic mass is 9.45. The van der Waals surface area contributed by atoms with Crippen molar-refractivity contribution < 1.29 is 38.1 Å². The maximum Gasteiger partial charge on any atom is 0.352 e. The molecule has 2 unspecified atom stereocenters. The highest BCUT2D eigenvalue weighted by atomic mass is 19.1. The molecule has 4 aliphatic rings. The third-order valence-corrected chi connectivity index (χ3v) is 10.7. The van der Waals surface area contributed by atoms with Crippen LogP contribution in [-0.2, 0) is 19.1 Å². The van der Waals surface area contributed by atoms with Crippen molar-refractivity contribution in [1.29, 1.82) is 5.26 Å². The number of alkyl halides is 1. The number of fused-ring (bicyclic) bond motifs is 5. The summed E-state index contributed by atoms with van der Waals surface area (Å²) in [6.07, 6.45) is 3.88. The summed E-state index contributed by atoms with van der Waals surface area (Å²) in [5, 5.41) is 20.8. The number of ketones is 1. The van der Waals surface area contributed by atoms with Gasteiger partial charge in [0.1, 0.15) is 17.6 Å². The molecule has 6 rings (SSSR count). The zero-order valence-electron chi connectivity index (χ0n) is 24.6. The van der Waals surface area contributed by atoms with Gasteiger partial charge < -0.3 is 19.3 Å². The summed E-state index contributed by atoms with van der Waals surface area (Å²) in [6, 6.07) is 17.2. The largest absolute Gasteiger partial charge is 0.457 e. The number of nitriles is 1. The second-order valence-corrected chi connectivity index (χ2v) is 12.7. The second-order valence-electron chi connectivity index (χ2n) is 12.7. The van der Waals surface area contributed by atoms with Crippen LogP contribution in [-0.4, -0.2) is 46.8 Å². The Kier molecular flexibility index (Phi) is 7.24. The highest BCUT2D eigenvalue weighted by molar-refractivity contribution is 6.01. The van der Waals surface area contributed by atoms with Crippen LogP contribution in [0, 0.1) is 34.0 Å². The van der Waals surface area contributed by atoms with E-state index in [-0.39, 0.29) is 24.2 Å². The Morgan fingerprint density at radius 1 is 1.05 bits per heavy atom. The fraction of sp³-hybridized carbons (Fsp3) is 0.429. The van der Waals surface area contributed by atoms with Crippen LogP contribution in [0.4, 0.5) is 4.39 Å².